The van der Waals surface area contributed by atoms with Gasteiger partial charge in [-0.1, -0.05) is 12.8 Å². The number of hydrogen-bond acceptors (Lipinski definition) is 3. The highest BCUT2D eigenvalue weighted by molar-refractivity contribution is 6.20. The smallest absolute Gasteiger partial charge is 0.132 e. The SMILES string of the molecule is Cc1cc(N2CCCCCC2CC(C)Cl)nc(C)n1. The zero-order valence-electron chi connectivity index (χ0n) is 12.2. The molecule has 2 unspecified atom stereocenters. The van der Waals surface area contributed by atoms with E-state index in [1.807, 2.05) is 13.8 Å². The molecule has 1 aliphatic rings. The van der Waals surface area contributed by atoms with Crippen LogP contribution in [0.3, 0.4) is 0 Å². The topological polar surface area (TPSA) is 29.0 Å². The molecule has 4 heteroatoms. The standard InChI is InChI=1S/C15H24ClN3/c1-11(16)9-14-7-5-4-6-8-19(14)15-10-12(2)17-13(3)18-15/h10-11,14H,4-9H2,1-3H3. The second-order valence-corrected chi connectivity index (χ2v) is 6.37. The Bertz CT molecular complexity index is 400. The third-order valence-electron chi connectivity index (χ3n) is 3.72. The van der Waals surface area contributed by atoms with Crippen molar-refractivity contribution in [1.82, 2.24) is 9.97 Å². The fourth-order valence-corrected chi connectivity index (χ4v) is 3.15. The van der Waals surface area contributed by atoms with E-state index < -0.39 is 0 Å². The number of aryl methyl sites for hydroxylation is 2. The van der Waals surface area contributed by atoms with Gasteiger partial charge in [0.2, 0.25) is 0 Å². The van der Waals surface area contributed by atoms with E-state index in [-0.39, 0.29) is 5.38 Å². The molecule has 0 N–H and O–H groups in total. The molecule has 1 fully saturated rings. The van der Waals surface area contributed by atoms with Crippen LogP contribution in [-0.2, 0) is 0 Å². The molecule has 0 saturated carbocycles. The highest BCUT2D eigenvalue weighted by Gasteiger charge is 2.23. The van der Waals surface area contributed by atoms with Gasteiger partial charge in [-0.2, -0.15) is 0 Å². The van der Waals surface area contributed by atoms with E-state index in [1.165, 1.54) is 25.7 Å². The molecule has 1 aliphatic heterocycles. The summed E-state index contributed by atoms with van der Waals surface area (Å²) in [4.78, 5) is 11.5. The molecule has 0 spiro atoms. The molecule has 3 nitrogen and oxygen atoms in total. The number of halogens is 1. The van der Waals surface area contributed by atoms with Crippen molar-refractivity contribution >= 4 is 17.4 Å². The number of aromatic nitrogens is 2. The Kier molecular flexibility index (Phi) is 5.03. The summed E-state index contributed by atoms with van der Waals surface area (Å²) >= 11 is 6.22. The summed E-state index contributed by atoms with van der Waals surface area (Å²) in [6.45, 7) is 7.17. The zero-order chi connectivity index (χ0) is 13.8. The molecular formula is C15H24ClN3. The first-order valence-electron chi connectivity index (χ1n) is 7.29. The van der Waals surface area contributed by atoms with Gasteiger partial charge >= 0.3 is 0 Å². The van der Waals surface area contributed by atoms with Crippen LogP contribution in [0.4, 0.5) is 5.82 Å². The summed E-state index contributed by atoms with van der Waals surface area (Å²) in [7, 11) is 0. The van der Waals surface area contributed by atoms with Gasteiger partial charge in [-0.3, -0.25) is 0 Å². The molecule has 1 aromatic rings. The Morgan fingerprint density at radius 2 is 2.11 bits per heavy atom. The largest absolute Gasteiger partial charge is 0.353 e. The minimum atomic E-state index is 0.217. The van der Waals surface area contributed by atoms with Gasteiger partial charge in [0.05, 0.1) is 0 Å². The predicted molar refractivity (Wildman–Crippen MR) is 81.0 cm³/mol. The van der Waals surface area contributed by atoms with Crippen LogP contribution in [0.2, 0.25) is 0 Å². The average Bonchev–Trinajstić information content (AvgIpc) is 2.52. The Labute approximate surface area is 121 Å². The second kappa shape index (κ2) is 6.56. The van der Waals surface area contributed by atoms with Crippen molar-refractivity contribution in [2.24, 2.45) is 0 Å². The summed E-state index contributed by atoms with van der Waals surface area (Å²) in [5, 5.41) is 0.217. The van der Waals surface area contributed by atoms with Crippen LogP contribution in [0.5, 0.6) is 0 Å². The molecular weight excluding hydrogens is 258 g/mol. The van der Waals surface area contributed by atoms with Crippen LogP contribution in [0, 0.1) is 13.8 Å². The van der Waals surface area contributed by atoms with Crippen LogP contribution in [0.25, 0.3) is 0 Å². The molecule has 2 atom stereocenters. The van der Waals surface area contributed by atoms with E-state index in [9.17, 15) is 0 Å². The molecule has 2 heterocycles. The molecule has 0 radical (unpaired) electrons. The monoisotopic (exact) mass is 281 g/mol. The van der Waals surface area contributed by atoms with Crippen LogP contribution in [-0.4, -0.2) is 27.9 Å². The first-order valence-corrected chi connectivity index (χ1v) is 7.73. The van der Waals surface area contributed by atoms with Gasteiger partial charge in [-0.05, 0) is 40.0 Å². The average molecular weight is 282 g/mol. The normalized spacial score (nSPS) is 22.1. The molecule has 106 valence electrons. The van der Waals surface area contributed by atoms with Crippen molar-refractivity contribution in [2.75, 3.05) is 11.4 Å². The highest BCUT2D eigenvalue weighted by atomic mass is 35.5. The van der Waals surface area contributed by atoms with E-state index in [1.54, 1.807) is 0 Å². The van der Waals surface area contributed by atoms with Gasteiger partial charge in [-0.25, -0.2) is 9.97 Å². The quantitative estimate of drug-likeness (QED) is 0.788. The van der Waals surface area contributed by atoms with Gasteiger partial charge in [0.25, 0.3) is 0 Å². The Morgan fingerprint density at radius 1 is 1.32 bits per heavy atom. The maximum Gasteiger partial charge on any atom is 0.132 e. The number of anilines is 1. The second-order valence-electron chi connectivity index (χ2n) is 5.63. The van der Waals surface area contributed by atoms with Crippen molar-refractivity contribution < 1.29 is 0 Å². The lowest BCUT2D eigenvalue weighted by molar-refractivity contribution is 0.526. The van der Waals surface area contributed by atoms with Crippen LogP contribution in [0.15, 0.2) is 6.07 Å². The lowest BCUT2D eigenvalue weighted by Gasteiger charge is -2.32. The van der Waals surface area contributed by atoms with Gasteiger partial charge in [-0.15, -0.1) is 11.6 Å². The molecule has 0 aromatic carbocycles. The maximum absolute atomic E-state index is 6.22. The Hall–Kier alpha value is -0.830. The van der Waals surface area contributed by atoms with Crippen LogP contribution < -0.4 is 4.90 Å². The van der Waals surface area contributed by atoms with Crippen molar-refractivity contribution in [3.8, 4) is 0 Å². The van der Waals surface area contributed by atoms with Gasteiger partial charge in [0, 0.05) is 29.7 Å². The molecule has 0 amide bonds. The summed E-state index contributed by atoms with van der Waals surface area (Å²) in [6, 6.07) is 2.62. The van der Waals surface area contributed by atoms with E-state index in [4.69, 9.17) is 11.6 Å². The van der Waals surface area contributed by atoms with Crippen molar-refractivity contribution in [2.45, 2.75) is 64.3 Å². The Morgan fingerprint density at radius 3 is 2.79 bits per heavy atom. The summed E-state index contributed by atoms with van der Waals surface area (Å²) in [5.41, 5.74) is 1.05. The van der Waals surface area contributed by atoms with Crippen LogP contribution in [0.1, 0.15) is 50.5 Å². The first-order chi connectivity index (χ1) is 9.06. The summed E-state index contributed by atoms with van der Waals surface area (Å²) in [5.74, 6) is 1.94. The lowest BCUT2D eigenvalue weighted by atomic mass is 10.0. The van der Waals surface area contributed by atoms with Crippen molar-refractivity contribution in [3.05, 3.63) is 17.6 Å². The van der Waals surface area contributed by atoms with Crippen molar-refractivity contribution in [3.63, 3.8) is 0 Å². The molecule has 19 heavy (non-hydrogen) atoms. The zero-order valence-corrected chi connectivity index (χ0v) is 13.0. The van der Waals surface area contributed by atoms with Crippen molar-refractivity contribution in [1.29, 1.82) is 0 Å². The van der Waals surface area contributed by atoms with Gasteiger partial charge in [0.15, 0.2) is 0 Å². The third-order valence-corrected chi connectivity index (χ3v) is 3.90. The molecule has 2 rings (SSSR count). The number of rotatable bonds is 3. The first kappa shape index (κ1) is 14.6. The highest BCUT2D eigenvalue weighted by Crippen LogP contribution is 2.26. The minimum absolute atomic E-state index is 0.217. The van der Waals surface area contributed by atoms with Gasteiger partial charge < -0.3 is 4.90 Å². The van der Waals surface area contributed by atoms with E-state index >= 15 is 0 Å². The number of hydrogen-bond donors (Lipinski definition) is 0. The minimum Gasteiger partial charge on any atom is -0.353 e. The summed E-state index contributed by atoms with van der Waals surface area (Å²) < 4.78 is 0. The Balaban J connectivity index is 2.25. The third kappa shape index (κ3) is 4.07. The fourth-order valence-electron chi connectivity index (χ4n) is 2.94. The predicted octanol–water partition coefficient (Wildman–Crippen LogP) is 3.86. The molecule has 1 saturated heterocycles. The fraction of sp³-hybridized carbons (Fsp3) is 0.733. The number of alkyl halides is 1. The van der Waals surface area contributed by atoms with Crippen LogP contribution >= 0.6 is 11.6 Å². The van der Waals surface area contributed by atoms with E-state index in [0.717, 1.165) is 30.3 Å². The molecule has 0 aliphatic carbocycles. The lowest BCUT2D eigenvalue weighted by Crippen LogP contribution is -2.37. The van der Waals surface area contributed by atoms with Gasteiger partial charge in [0.1, 0.15) is 11.6 Å². The summed E-state index contributed by atoms with van der Waals surface area (Å²) in [6.07, 6.45) is 6.11. The molecule has 1 aromatic heterocycles. The van der Waals surface area contributed by atoms with E-state index in [0.29, 0.717) is 6.04 Å². The molecule has 0 bridgehead atoms. The van der Waals surface area contributed by atoms with E-state index in [2.05, 4.69) is 27.9 Å². The maximum atomic E-state index is 6.22. The number of nitrogens with zero attached hydrogens (tertiary/aromatic N) is 3.